The van der Waals surface area contributed by atoms with Crippen LogP contribution in [0.25, 0.3) is 0 Å². The van der Waals surface area contributed by atoms with Gasteiger partial charge in [-0.3, -0.25) is 4.79 Å². The van der Waals surface area contributed by atoms with Crippen LogP contribution in [0, 0.1) is 11.6 Å². The van der Waals surface area contributed by atoms with Gasteiger partial charge in [-0.05, 0) is 24.3 Å². The molecule has 0 unspecified atom stereocenters. The number of rotatable bonds is 6. The predicted octanol–water partition coefficient (Wildman–Crippen LogP) is 3.77. The summed E-state index contributed by atoms with van der Waals surface area (Å²) < 4.78 is 37.0. The SMILES string of the molecule is COc1ccc(Nc2ncc(C(=O)Nc3ccc(F)cc3F)cn2)c(OC)c1. The highest BCUT2D eigenvalue weighted by Crippen LogP contribution is 2.30. The first-order chi connectivity index (χ1) is 13.5. The Morgan fingerprint density at radius 3 is 2.32 bits per heavy atom. The molecule has 0 aliphatic rings. The third kappa shape index (κ3) is 4.32. The van der Waals surface area contributed by atoms with Crippen LogP contribution in [0.15, 0.2) is 48.8 Å². The Hall–Kier alpha value is -3.75. The Balaban J connectivity index is 1.72. The maximum absolute atomic E-state index is 13.6. The molecule has 0 aliphatic heterocycles. The Morgan fingerprint density at radius 2 is 1.68 bits per heavy atom. The summed E-state index contributed by atoms with van der Waals surface area (Å²) in [6.07, 6.45) is 2.56. The molecule has 1 aromatic heterocycles. The number of methoxy groups -OCH3 is 2. The largest absolute Gasteiger partial charge is 0.497 e. The lowest BCUT2D eigenvalue weighted by molar-refractivity contribution is 0.102. The van der Waals surface area contributed by atoms with E-state index in [2.05, 4.69) is 20.6 Å². The number of anilines is 3. The third-order valence-electron chi connectivity index (χ3n) is 3.75. The number of ether oxygens (including phenoxy) is 2. The standard InChI is InChI=1S/C19H16F2N4O3/c1-27-13-4-6-16(17(8-13)28-2)25-19-22-9-11(10-23-19)18(26)24-15-5-3-12(20)7-14(15)21/h3-10H,1-2H3,(H,24,26)(H,22,23,25). The van der Waals surface area contributed by atoms with Crippen LogP contribution in [-0.4, -0.2) is 30.1 Å². The number of halogens is 2. The van der Waals surface area contributed by atoms with Gasteiger partial charge >= 0.3 is 0 Å². The second-order valence-corrected chi connectivity index (χ2v) is 5.56. The first-order valence-corrected chi connectivity index (χ1v) is 8.07. The molecule has 0 saturated heterocycles. The molecular formula is C19H16F2N4O3. The Bertz CT molecular complexity index is 997. The highest BCUT2D eigenvalue weighted by atomic mass is 19.1. The van der Waals surface area contributed by atoms with Crippen LogP contribution in [-0.2, 0) is 0 Å². The van der Waals surface area contributed by atoms with Gasteiger partial charge in [-0.2, -0.15) is 0 Å². The van der Waals surface area contributed by atoms with Gasteiger partial charge in [0.15, 0.2) is 0 Å². The molecule has 0 radical (unpaired) electrons. The van der Waals surface area contributed by atoms with Gasteiger partial charge in [0.05, 0.1) is 31.2 Å². The predicted molar refractivity (Wildman–Crippen MR) is 99.2 cm³/mol. The van der Waals surface area contributed by atoms with Crippen LogP contribution in [0.5, 0.6) is 11.5 Å². The van der Waals surface area contributed by atoms with E-state index in [1.165, 1.54) is 19.5 Å². The van der Waals surface area contributed by atoms with Crippen molar-refractivity contribution in [1.82, 2.24) is 9.97 Å². The topological polar surface area (TPSA) is 85.4 Å². The lowest BCUT2D eigenvalue weighted by Crippen LogP contribution is -2.14. The van der Waals surface area contributed by atoms with Gasteiger partial charge < -0.3 is 20.1 Å². The van der Waals surface area contributed by atoms with Crippen molar-refractivity contribution in [3.8, 4) is 11.5 Å². The molecule has 7 nitrogen and oxygen atoms in total. The molecule has 0 spiro atoms. The zero-order chi connectivity index (χ0) is 20.1. The van der Waals surface area contributed by atoms with Crippen LogP contribution in [0.1, 0.15) is 10.4 Å². The summed E-state index contributed by atoms with van der Waals surface area (Å²) in [5.74, 6) is -0.852. The van der Waals surface area contributed by atoms with Gasteiger partial charge in [-0.25, -0.2) is 18.7 Å². The molecule has 2 N–H and O–H groups in total. The van der Waals surface area contributed by atoms with E-state index in [4.69, 9.17) is 9.47 Å². The fourth-order valence-corrected chi connectivity index (χ4v) is 2.32. The Kier molecular flexibility index (Phi) is 5.64. The molecule has 144 valence electrons. The number of hydrogen-bond acceptors (Lipinski definition) is 6. The van der Waals surface area contributed by atoms with Gasteiger partial charge in [0, 0.05) is 24.5 Å². The van der Waals surface area contributed by atoms with E-state index in [0.29, 0.717) is 23.3 Å². The molecule has 0 atom stereocenters. The normalized spacial score (nSPS) is 10.3. The number of hydrogen-bond donors (Lipinski definition) is 2. The molecule has 3 aromatic rings. The highest BCUT2D eigenvalue weighted by Gasteiger charge is 2.12. The van der Waals surface area contributed by atoms with E-state index >= 15 is 0 Å². The van der Waals surface area contributed by atoms with Crippen LogP contribution in [0.3, 0.4) is 0 Å². The van der Waals surface area contributed by atoms with Gasteiger partial charge in [0.2, 0.25) is 5.95 Å². The number of nitrogens with one attached hydrogen (secondary N) is 2. The summed E-state index contributed by atoms with van der Waals surface area (Å²) in [5, 5.41) is 5.31. The molecule has 2 aromatic carbocycles. The van der Waals surface area contributed by atoms with Gasteiger partial charge in [-0.1, -0.05) is 0 Å². The number of benzene rings is 2. The van der Waals surface area contributed by atoms with Crippen LogP contribution < -0.4 is 20.1 Å². The average Bonchev–Trinajstić information content (AvgIpc) is 2.71. The summed E-state index contributed by atoms with van der Waals surface area (Å²) in [7, 11) is 3.06. The lowest BCUT2D eigenvalue weighted by Gasteiger charge is -2.11. The number of nitrogens with zero attached hydrogens (tertiary/aromatic N) is 2. The molecule has 1 heterocycles. The van der Waals surface area contributed by atoms with E-state index in [0.717, 1.165) is 12.1 Å². The smallest absolute Gasteiger partial charge is 0.258 e. The Labute approximate surface area is 159 Å². The van der Waals surface area contributed by atoms with Crippen molar-refractivity contribution in [1.29, 1.82) is 0 Å². The molecule has 3 rings (SSSR count). The number of carbonyl (C=O) groups is 1. The molecule has 0 saturated carbocycles. The minimum absolute atomic E-state index is 0.107. The second-order valence-electron chi connectivity index (χ2n) is 5.56. The Morgan fingerprint density at radius 1 is 0.964 bits per heavy atom. The molecule has 28 heavy (non-hydrogen) atoms. The fourth-order valence-electron chi connectivity index (χ4n) is 2.32. The first-order valence-electron chi connectivity index (χ1n) is 8.07. The third-order valence-corrected chi connectivity index (χ3v) is 3.75. The van der Waals surface area contributed by atoms with Crippen LogP contribution in [0.4, 0.5) is 26.1 Å². The summed E-state index contributed by atoms with van der Waals surface area (Å²) in [6.45, 7) is 0. The van der Waals surface area contributed by atoms with Gasteiger partial charge in [0.1, 0.15) is 23.1 Å². The van der Waals surface area contributed by atoms with E-state index < -0.39 is 17.5 Å². The summed E-state index contributed by atoms with van der Waals surface area (Å²) in [4.78, 5) is 20.3. The molecule has 0 bridgehead atoms. The van der Waals surface area contributed by atoms with E-state index in [1.807, 2.05) is 0 Å². The average molecular weight is 386 g/mol. The van der Waals surface area contributed by atoms with E-state index in [9.17, 15) is 13.6 Å². The minimum atomic E-state index is -0.876. The molecule has 9 heteroatoms. The van der Waals surface area contributed by atoms with Crippen molar-refractivity contribution >= 4 is 23.2 Å². The first kappa shape index (κ1) is 19.0. The van der Waals surface area contributed by atoms with Gasteiger partial charge in [0.25, 0.3) is 5.91 Å². The van der Waals surface area contributed by atoms with Crippen LogP contribution >= 0.6 is 0 Å². The summed E-state index contributed by atoms with van der Waals surface area (Å²) in [5.41, 5.74) is 0.571. The zero-order valence-electron chi connectivity index (χ0n) is 15.0. The number of carbonyl (C=O) groups excluding carboxylic acids is 1. The quantitative estimate of drug-likeness (QED) is 0.671. The number of aromatic nitrogens is 2. The lowest BCUT2D eigenvalue weighted by atomic mass is 10.2. The van der Waals surface area contributed by atoms with Crippen molar-refractivity contribution in [2.24, 2.45) is 0 Å². The van der Waals surface area contributed by atoms with Crippen molar-refractivity contribution in [3.63, 3.8) is 0 Å². The maximum Gasteiger partial charge on any atom is 0.258 e. The second kappa shape index (κ2) is 8.30. The van der Waals surface area contributed by atoms with E-state index in [1.54, 1.807) is 25.3 Å². The maximum atomic E-state index is 13.6. The van der Waals surface area contributed by atoms with Crippen molar-refractivity contribution in [3.05, 3.63) is 66.0 Å². The summed E-state index contributed by atoms with van der Waals surface area (Å²) >= 11 is 0. The molecule has 0 fully saturated rings. The fraction of sp³-hybridized carbons (Fsp3) is 0.105. The zero-order valence-corrected chi connectivity index (χ0v) is 15.0. The van der Waals surface area contributed by atoms with Crippen molar-refractivity contribution in [2.45, 2.75) is 0 Å². The van der Waals surface area contributed by atoms with E-state index in [-0.39, 0.29) is 17.2 Å². The van der Waals surface area contributed by atoms with Crippen molar-refractivity contribution < 1.29 is 23.0 Å². The molecule has 1 amide bonds. The van der Waals surface area contributed by atoms with Crippen molar-refractivity contribution in [2.75, 3.05) is 24.9 Å². The van der Waals surface area contributed by atoms with Crippen LogP contribution in [0.2, 0.25) is 0 Å². The number of amides is 1. The molecule has 0 aliphatic carbocycles. The minimum Gasteiger partial charge on any atom is -0.497 e. The van der Waals surface area contributed by atoms with Gasteiger partial charge in [-0.15, -0.1) is 0 Å². The molecular weight excluding hydrogens is 370 g/mol. The highest BCUT2D eigenvalue weighted by molar-refractivity contribution is 6.04. The summed E-state index contributed by atoms with van der Waals surface area (Å²) in [6, 6.07) is 8.03. The monoisotopic (exact) mass is 386 g/mol.